The summed E-state index contributed by atoms with van der Waals surface area (Å²) in [7, 11) is 1.51. The maximum Gasteiger partial charge on any atom is 0.390 e. The summed E-state index contributed by atoms with van der Waals surface area (Å²) in [6.07, 6.45) is -2.76. The lowest BCUT2D eigenvalue weighted by molar-refractivity contribution is -0.132. The van der Waals surface area contributed by atoms with Crippen LogP contribution in [0.15, 0.2) is 27.8 Å². The fourth-order valence-electron chi connectivity index (χ4n) is 1.49. The van der Waals surface area contributed by atoms with E-state index in [1.54, 1.807) is 12.3 Å². The Labute approximate surface area is 144 Å². The van der Waals surface area contributed by atoms with Crippen LogP contribution in [0.1, 0.15) is 18.6 Å². The Morgan fingerprint density at radius 3 is 2.64 bits per heavy atom. The highest BCUT2D eigenvalue weighted by Gasteiger charge is 2.26. The number of hydrogen-bond acceptors (Lipinski definition) is 3. The number of nitrogens with one attached hydrogen (secondary N) is 2. The number of guanidine groups is 1. The van der Waals surface area contributed by atoms with Crippen LogP contribution in [-0.4, -0.2) is 38.9 Å². The highest BCUT2D eigenvalue weighted by Crippen LogP contribution is 2.17. The van der Waals surface area contributed by atoms with Gasteiger partial charge in [0.1, 0.15) is 12.4 Å². The van der Waals surface area contributed by atoms with Gasteiger partial charge in [0, 0.05) is 26.7 Å². The minimum Gasteiger partial charge on any atom is -0.467 e. The summed E-state index contributed by atoms with van der Waals surface area (Å²) in [4.78, 5) is 3.84. The van der Waals surface area contributed by atoms with Crippen molar-refractivity contribution in [2.45, 2.75) is 25.6 Å². The van der Waals surface area contributed by atoms with Crippen LogP contribution in [0.4, 0.5) is 13.2 Å². The molecule has 1 aromatic rings. The lowest BCUT2D eigenvalue weighted by atomic mass is 10.4. The summed E-state index contributed by atoms with van der Waals surface area (Å²) in [5, 5.41) is 5.52. The molecule has 1 rings (SSSR count). The molecule has 9 heteroatoms. The topological polar surface area (TPSA) is 58.8 Å². The van der Waals surface area contributed by atoms with E-state index in [1.165, 1.54) is 7.05 Å². The fourth-order valence-corrected chi connectivity index (χ4v) is 1.49. The first-order valence-electron chi connectivity index (χ1n) is 6.62. The zero-order chi connectivity index (χ0) is 15.6. The highest BCUT2D eigenvalue weighted by atomic mass is 127. The van der Waals surface area contributed by atoms with Gasteiger partial charge in [0.15, 0.2) is 5.96 Å². The quantitative estimate of drug-likeness (QED) is 0.286. The molecule has 0 saturated heterocycles. The number of hydrogen-bond donors (Lipinski definition) is 2. The monoisotopic (exact) mass is 435 g/mol. The molecule has 0 radical (unpaired) electrons. The second kappa shape index (κ2) is 11.6. The second-order valence-corrected chi connectivity index (χ2v) is 4.28. The number of furan rings is 1. The smallest absolute Gasteiger partial charge is 0.390 e. The molecule has 0 atom stereocenters. The zero-order valence-electron chi connectivity index (χ0n) is 12.3. The summed E-state index contributed by atoms with van der Waals surface area (Å²) < 4.78 is 46.5. The van der Waals surface area contributed by atoms with Crippen LogP contribution in [0.3, 0.4) is 0 Å². The lowest BCUT2D eigenvalue weighted by Gasteiger charge is -2.12. The normalized spacial score (nSPS) is 11.9. The number of rotatable bonds is 8. The molecular formula is C13H21F3IN3O2. The summed E-state index contributed by atoms with van der Waals surface area (Å²) in [6.45, 7) is 1.29. The van der Waals surface area contributed by atoms with E-state index in [-0.39, 0.29) is 30.5 Å². The first kappa shape index (κ1) is 21.0. The minimum absolute atomic E-state index is 0. The van der Waals surface area contributed by atoms with Gasteiger partial charge in [-0.15, -0.1) is 24.0 Å². The summed E-state index contributed by atoms with van der Waals surface area (Å²) in [5.74, 6) is 1.11. The third kappa shape index (κ3) is 10.7. The van der Waals surface area contributed by atoms with Crippen molar-refractivity contribution in [3.63, 3.8) is 0 Å². The molecule has 0 aliphatic heterocycles. The Balaban J connectivity index is 0.00000441. The Kier molecular flexibility index (Phi) is 11.1. The van der Waals surface area contributed by atoms with Crippen molar-refractivity contribution in [3.8, 4) is 0 Å². The van der Waals surface area contributed by atoms with Gasteiger partial charge in [-0.2, -0.15) is 13.2 Å². The number of aliphatic imine (C=N–C) groups is 1. The van der Waals surface area contributed by atoms with E-state index in [9.17, 15) is 13.2 Å². The molecule has 0 amide bonds. The summed E-state index contributed by atoms with van der Waals surface area (Å²) >= 11 is 0. The molecule has 1 aromatic heterocycles. The first-order valence-corrected chi connectivity index (χ1v) is 6.62. The van der Waals surface area contributed by atoms with Crippen LogP contribution in [0.25, 0.3) is 0 Å². The van der Waals surface area contributed by atoms with Crippen molar-refractivity contribution in [1.82, 2.24) is 10.6 Å². The number of halogens is 4. The molecule has 128 valence electrons. The van der Waals surface area contributed by atoms with Gasteiger partial charge >= 0.3 is 6.18 Å². The molecule has 0 unspecified atom stereocenters. The predicted molar refractivity (Wildman–Crippen MR) is 88.4 cm³/mol. The maximum atomic E-state index is 12.0. The molecule has 0 aliphatic rings. The van der Waals surface area contributed by atoms with Gasteiger partial charge in [0.2, 0.25) is 0 Å². The van der Waals surface area contributed by atoms with Gasteiger partial charge in [-0.05, 0) is 18.6 Å². The fraction of sp³-hybridized carbons (Fsp3) is 0.615. The van der Waals surface area contributed by atoms with Crippen molar-refractivity contribution >= 4 is 29.9 Å². The van der Waals surface area contributed by atoms with Gasteiger partial charge < -0.3 is 19.8 Å². The van der Waals surface area contributed by atoms with Gasteiger partial charge in [0.25, 0.3) is 0 Å². The van der Waals surface area contributed by atoms with Crippen molar-refractivity contribution in [2.75, 3.05) is 26.7 Å². The number of alkyl halides is 3. The van der Waals surface area contributed by atoms with Gasteiger partial charge in [-0.1, -0.05) is 0 Å². The first-order chi connectivity index (χ1) is 10.0. The molecule has 0 fully saturated rings. The molecule has 0 aromatic carbocycles. The van der Waals surface area contributed by atoms with Crippen molar-refractivity contribution in [2.24, 2.45) is 4.99 Å². The Hall–Kier alpha value is -0.970. The van der Waals surface area contributed by atoms with Crippen LogP contribution >= 0.6 is 24.0 Å². The molecule has 2 N–H and O–H groups in total. The average Bonchev–Trinajstić information content (AvgIpc) is 2.92. The van der Waals surface area contributed by atoms with E-state index >= 15 is 0 Å². The third-order valence-electron chi connectivity index (χ3n) is 2.51. The van der Waals surface area contributed by atoms with Crippen molar-refractivity contribution in [1.29, 1.82) is 0 Å². The van der Waals surface area contributed by atoms with Gasteiger partial charge in [-0.25, -0.2) is 0 Å². The molecular weight excluding hydrogens is 414 g/mol. The van der Waals surface area contributed by atoms with Crippen LogP contribution in [0.5, 0.6) is 0 Å². The Morgan fingerprint density at radius 1 is 1.32 bits per heavy atom. The van der Waals surface area contributed by atoms with Crippen molar-refractivity contribution in [3.05, 3.63) is 24.2 Å². The third-order valence-corrected chi connectivity index (χ3v) is 2.51. The Bertz CT molecular complexity index is 411. The number of nitrogens with zero attached hydrogens (tertiary/aromatic N) is 1. The standard InChI is InChI=1S/C13H20F3N3O2.HI/c1-17-12(19-7-5-13(14,15)16)18-6-3-8-20-10-11-4-2-9-21-11;/h2,4,9H,3,5-8,10H2,1H3,(H2,17,18,19);1H. The van der Waals surface area contributed by atoms with E-state index in [2.05, 4.69) is 15.6 Å². The highest BCUT2D eigenvalue weighted by molar-refractivity contribution is 14.0. The van der Waals surface area contributed by atoms with Crippen LogP contribution < -0.4 is 10.6 Å². The molecule has 0 spiro atoms. The average molecular weight is 435 g/mol. The molecule has 0 saturated carbocycles. The van der Waals surface area contributed by atoms with E-state index in [1.807, 2.05) is 6.07 Å². The van der Waals surface area contributed by atoms with E-state index < -0.39 is 12.6 Å². The summed E-state index contributed by atoms with van der Waals surface area (Å²) in [5.41, 5.74) is 0. The lowest BCUT2D eigenvalue weighted by Crippen LogP contribution is -2.39. The maximum absolute atomic E-state index is 12.0. The largest absolute Gasteiger partial charge is 0.467 e. The number of ether oxygens (including phenoxy) is 1. The van der Waals surface area contributed by atoms with Crippen molar-refractivity contribution < 1.29 is 22.3 Å². The van der Waals surface area contributed by atoms with Crippen LogP contribution in [-0.2, 0) is 11.3 Å². The minimum atomic E-state index is -4.16. The molecule has 1 heterocycles. The predicted octanol–water partition coefficient (Wildman–Crippen LogP) is 2.92. The SMILES string of the molecule is CN=C(NCCCOCc1ccco1)NCCC(F)(F)F.I. The molecule has 5 nitrogen and oxygen atoms in total. The van der Waals surface area contributed by atoms with E-state index in [0.717, 1.165) is 5.76 Å². The molecule has 0 bridgehead atoms. The molecule has 0 aliphatic carbocycles. The molecule has 22 heavy (non-hydrogen) atoms. The van der Waals surface area contributed by atoms with E-state index in [0.29, 0.717) is 32.1 Å². The second-order valence-electron chi connectivity index (χ2n) is 4.28. The van der Waals surface area contributed by atoms with Gasteiger partial charge in [0.05, 0.1) is 12.7 Å². The van der Waals surface area contributed by atoms with Crippen LogP contribution in [0.2, 0.25) is 0 Å². The zero-order valence-corrected chi connectivity index (χ0v) is 14.6. The Morgan fingerprint density at radius 2 is 2.05 bits per heavy atom. The summed E-state index contributed by atoms with van der Waals surface area (Å²) in [6, 6.07) is 3.61. The van der Waals surface area contributed by atoms with E-state index in [4.69, 9.17) is 9.15 Å². The van der Waals surface area contributed by atoms with Crippen LogP contribution in [0, 0.1) is 0 Å². The van der Waals surface area contributed by atoms with Gasteiger partial charge in [-0.3, -0.25) is 4.99 Å².